The van der Waals surface area contributed by atoms with E-state index in [9.17, 15) is 4.79 Å². The maximum Gasteiger partial charge on any atom is 0.252 e. The third-order valence-electron chi connectivity index (χ3n) is 2.81. The van der Waals surface area contributed by atoms with E-state index in [-0.39, 0.29) is 12.5 Å². The molecule has 3 N–H and O–H groups in total. The predicted molar refractivity (Wildman–Crippen MR) is 85.1 cm³/mol. The molecule has 0 radical (unpaired) electrons. The number of nitrogens with two attached hydrogens (primary N) is 1. The maximum atomic E-state index is 12.3. The summed E-state index contributed by atoms with van der Waals surface area (Å²) in [6, 6.07) is 5.62. The molecule has 108 valence electrons. The van der Waals surface area contributed by atoms with E-state index in [4.69, 9.17) is 5.73 Å². The molecule has 0 aliphatic rings. The van der Waals surface area contributed by atoms with E-state index in [0.29, 0.717) is 17.7 Å². The first-order valence-electron chi connectivity index (χ1n) is 6.59. The molecule has 4 nitrogen and oxygen atoms in total. The Morgan fingerprint density at radius 1 is 1.43 bits per heavy atom. The van der Waals surface area contributed by atoms with Gasteiger partial charge in [0.05, 0.1) is 18.7 Å². The van der Waals surface area contributed by atoms with Gasteiger partial charge in [-0.15, -0.1) is 11.3 Å². The number of benzene rings is 1. The van der Waals surface area contributed by atoms with Crippen LogP contribution in [0.2, 0.25) is 0 Å². The predicted octanol–water partition coefficient (Wildman–Crippen LogP) is 2.00. The van der Waals surface area contributed by atoms with Gasteiger partial charge in [-0.2, -0.15) is 0 Å². The highest BCUT2D eigenvalue weighted by atomic mass is 32.1. The largest absolute Gasteiger partial charge is 0.345 e. The van der Waals surface area contributed by atoms with Crippen molar-refractivity contribution in [3.63, 3.8) is 0 Å². The molecule has 0 bridgehead atoms. The summed E-state index contributed by atoms with van der Waals surface area (Å²) in [6.07, 6.45) is 1.80. The van der Waals surface area contributed by atoms with Gasteiger partial charge in [-0.25, -0.2) is 4.98 Å². The summed E-state index contributed by atoms with van der Waals surface area (Å²) in [6.45, 7) is 4.63. The lowest BCUT2D eigenvalue weighted by atomic mass is 10.0. The van der Waals surface area contributed by atoms with Gasteiger partial charge in [-0.1, -0.05) is 23.5 Å². The van der Waals surface area contributed by atoms with Crippen LogP contribution < -0.4 is 11.1 Å². The number of nitrogens with zero attached hydrogens (tertiary/aromatic N) is 1. The van der Waals surface area contributed by atoms with Crippen molar-refractivity contribution in [3.05, 3.63) is 51.0 Å². The van der Waals surface area contributed by atoms with Crippen LogP contribution in [0.15, 0.2) is 24.4 Å². The molecule has 1 aromatic heterocycles. The van der Waals surface area contributed by atoms with Crippen LogP contribution in [0, 0.1) is 25.7 Å². The topological polar surface area (TPSA) is 68.0 Å². The summed E-state index contributed by atoms with van der Waals surface area (Å²) < 4.78 is 0. The molecule has 5 heteroatoms. The van der Waals surface area contributed by atoms with Crippen LogP contribution in [0.1, 0.15) is 31.4 Å². The second-order valence-corrected chi connectivity index (χ2v) is 5.92. The molecule has 1 aromatic carbocycles. The van der Waals surface area contributed by atoms with Gasteiger partial charge >= 0.3 is 0 Å². The summed E-state index contributed by atoms with van der Waals surface area (Å²) in [5, 5.41) is 3.77. The first-order chi connectivity index (χ1) is 10.1. The highest BCUT2D eigenvalue weighted by Gasteiger charge is 2.11. The normalized spacial score (nSPS) is 9.86. The molecule has 1 heterocycles. The Morgan fingerprint density at radius 2 is 2.24 bits per heavy atom. The van der Waals surface area contributed by atoms with Gasteiger partial charge in [0.25, 0.3) is 5.91 Å². The van der Waals surface area contributed by atoms with Crippen molar-refractivity contribution in [3.8, 4) is 11.8 Å². The standard InChI is InChI=1S/C16H17N3OS/c1-11-5-6-13(4-3-7-17)14(8-11)16(20)19-10-15-18-9-12(2)21-15/h5-6,8-9H,7,10,17H2,1-2H3,(H,19,20). The molecule has 0 aliphatic heterocycles. The van der Waals surface area contributed by atoms with Crippen LogP contribution in [0.5, 0.6) is 0 Å². The Labute approximate surface area is 128 Å². The van der Waals surface area contributed by atoms with Crippen LogP contribution in [0.25, 0.3) is 0 Å². The minimum absolute atomic E-state index is 0.145. The Bertz CT molecular complexity index is 710. The number of amides is 1. The number of rotatable bonds is 3. The monoisotopic (exact) mass is 299 g/mol. The van der Waals surface area contributed by atoms with Gasteiger partial charge in [0.15, 0.2) is 0 Å². The third kappa shape index (κ3) is 4.15. The van der Waals surface area contributed by atoms with E-state index >= 15 is 0 Å². The van der Waals surface area contributed by atoms with Gasteiger partial charge in [0.2, 0.25) is 0 Å². The summed E-state index contributed by atoms with van der Waals surface area (Å²) in [4.78, 5) is 17.7. The van der Waals surface area contributed by atoms with Crippen LogP contribution in [-0.4, -0.2) is 17.4 Å². The molecule has 21 heavy (non-hydrogen) atoms. The average Bonchev–Trinajstić information content (AvgIpc) is 2.89. The second-order valence-electron chi connectivity index (χ2n) is 4.60. The van der Waals surface area contributed by atoms with Crippen molar-refractivity contribution in [2.24, 2.45) is 5.73 Å². The maximum absolute atomic E-state index is 12.3. The minimum Gasteiger partial charge on any atom is -0.345 e. The zero-order valence-electron chi connectivity index (χ0n) is 12.1. The van der Waals surface area contributed by atoms with Crippen LogP contribution >= 0.6 is 11.3 Å². The van der Waals surface area contributed by atoms with E-state index in [1.165, 1.54) is 0 Å². The van der Waals surface area contributed by atoms with Gasteiger partial charge in [0.1, 0.15) is 5.01 Å². The van der Waals surface area contributed by atoms with Crippen molar-refractivity contribution in [1.82, 2.24) is 10.3 Å². The number of carbonyl (C=O) groups is 1. The summed E-state index contributed by atoms with van der Waals surface area (Å²) in [7, 11) is 0. The third-order valence-corrected chi connectivity index (χ3v) is 3.73. The second kappa shape index (κ2) is 7.02. The number of thiazole rings is 1. The molecule has 2 aromatic rings. The van der Waals surface area contributed by atoms with Crippen molar-refractivity contribution < 1.29 is 4.79 Å². The molecule has 0 saturated carbocycles. The molecule has 0 atom stereocenters. The lowest BCUT2D eigenvalue weighted by Crippen LogP contribution is -2.23. The van der Waals surface area contributed by atoms with Gasteiger partial charge in [0, 0.05) is 16.6 Å². The zero-order valence-corrected chi connectivity index (χ0v) is 12.9. The fourth-order valence-corrected chi connectivity index (χ4v) is 2.56. The van der Waals surface area contributed by atoms with Crippen LogP contribution in [0.3, 0.4) is 0 Å². The molecule has 0 saturated heterocycles. The van der Waals surface area contributed by atoms with Crippen molar-refractivity contribution in [2.45, 2.75) is 20.4 Å². The number of hydrogen-bond donors (Lipinski definition) is 2. The van der Waals surface area contributed by atoms with Gasteiger partial charge < -0.3 is 11.1 Å². The quantitative estimate of drug-likeness (QED) is 0.852. The molecule has 1 amide bonds. The van der Waals surface area contributed by atoms with E-state index in [1.807, 2.05) is 32.0 Å². The number of aryl methyl sites for hydroxylation is 2. The number of nitrogens with one attached hydrogen (secondary N) is 1. The molecule has 0 aliphatic carbocycles. The van der Waals surface area contributed by atoms with Crippen molar-refractivity contribution in [2.75, 3.05) is 6.54 Å². The molecular formula is C16H17N3OS. The van der Waals surface area contributed by atoms with Gasteiger partial charge in [-0.05, 0) is 26.0 Å². The summed E-state index contributed by atoms with van der Waals surface area (Å²) in [5.74, 6) is 5.57. The minimum atomic E-state index is -0.145. The first-order valence-corrected chi connectivity index (χ1v) is 7.41. The molecule has 2 rings (SSSR count). The van der Waals surface area contributed by atoms with Gasteiger partial charge in [-0.3, -0.25) is 4.79 Å². The lowest BCUT2D eigenvalue weighted by Gasteiger charge is -2.07. The summed E-state index contributed by atoms with van der Waals surface area (Å²) >= 11 is 1.58. The fourth-order valence-electron chi connectivity index (χ4n) is 1.84. The highest BCUT2D eigenvalue weighted by molar-refractivity contribution is 7.11. The first kappa shape index (κ1) is 15.2. The Balaban J connectivity index is 2.15. The van der Waals surface area contributed by atoms with Crippen LogP contribution in [0.4, 0.5) is 0 Å². The summed E-state index contributed by atoms with van der Waals surface area (Å²) in [5.41, 5.74) is 7.67. The van der Waals surface area contributed by atoms with Crippen molar-refractivity contribution in [1.29, 1.82) is 0 Å². The fraction of sp³-hybridized carbons (Fsp3) is 0.250. The average molecular weight is 299 g/mol. The number of hydrogen-bond acceptors (Lipinski definition) is 4. The zero-order chi connectivity index (χ0) is 15.2. The Hall–Kier alpha value is -2.16. The lowest BCUT2D eigenvalue weighted by molar-refractivity contribution is 0.0950. The molecular weight excluding hydrogens is 282 g/mol. The van der Waals surface area contributed by atoms with E-state index < -0.39 is 0 Å². The molecule has 0 spiro atoms. The van der Waals surface area contributed by atoms with E-state index in [2.05, 4.69) is 22.1 Å². The van der Waals surface area contributed by atoms with Crippen molar-refractivity contribution >= 4 is 17.2 Å². The molecule has 0 unspecified atom stereocenters. The smallest absolute Gasteiger partial charge is 0.252 e. The Morgan fingerprint density at radius 3 is 2.90 bits per heavy atom. The highest BCUT2D eigenvalue weighted by Crippen LogP contribution is 2.13. The SMILES string of the molecule is Cc1ccc(C#CCN)c(C(=O)NCc2ncc(C)s2)c1. The Kier molecular flexibility index (Phi) is 5.09. The van der Waals surface area contributed by atoms with E-state index in [1.54, 1.807) is 17.5 Å². The van der Waals surface area contributed by atoms with Crippen LogP contribution in [-0.2, 0) is 6.54 Å². The number of aromatic nitrogens is 1. The number of carbonyl (C=O) groups excluding carboxylic acids is 1. The van der Waals surface area contributed by atoms with E-state index in [0.717, 1.165) is 15.4 Å². The molecule has 0 fully saturated rings.